The van der Waals surface area contributed by atoms with Crippen molar-refractivity contribution < 1.29 is 13.5 Å². The quantitative estimate of drug-likeness (QED) is 0.675. The molecule has 1 atom stereocenters. The van der Waals surface area contributed by atoms with Gasteiger partial charge in [0.25, 0.3) is 0 Å². The number of benzene rings is 2. The van der Waals surface area contributed by atoms with Crippen LogP contribution in [0, 0.1) is 11.6 Å². The molecule has 0 aliphatic heterocycles. The van der Waals surface area contributed by atoms with E-state index in [1.54, 1.807) is 19.2 Å². The zero-order valence-electron chi connectivity index (χ0n) is 10.7. The van der Waals surface area contributed by atoms with Crippen LogP contribution in [-0.4, -0.2) is 7.11 Å². The Kier molecular flexibility index (Phi) is 5.00. The van der Waals surface area contributed by atoms with E-state index in [1.165, 1.54) is 12.1 Å². The molecule has 0 amide bonds. The third kappa shape index (κ3) is 3.49. The first kappa shape index (κ1) is 15.3. The number of rotatable bonds is 4. The van der Waals surface area contributed by atoms with Gasteiger partial charge < -0.3 is 4.74 Å². The van der Waals surface area contributed by atoms with Gasteiger partial charge in [-0.15, -0.1) is 11.6 Å². The summed E-state index contributed by atoms with van der Waals surface area (Å²) in [6, 6.07) is 9.66. The van der Waals surface area contributed by atoms with E-state index in [4.69, 9.17) is 16.3 Å². The van der Waals surface area contributed by atoms with Crippen LogP contribution >= 0.6 is 27.5 Å². The van der Waals surface area contributed by atoms with Gasteiger partial charge in [0.15, 0.2) is 0 Å². The van der Waals surface area contributed by atoms with Crippen molar-refractivity contribution in [3.63, 3.8) is 0 Å². The van der Waals surface area contributed by atoms with Crippen LogP contribution in [0.1, 0.15) is 16.5 Å². The van der Waals surface area contributed by atoms with Crippen molar-refractivity contribution in [2.45, 2.75) is 11.8 Å². The van der Waals surface area contributed by atoms with Crippen molar-refractivity contribution in [2.75, 3.05) is 7.11 Å². The number of alkyl halides is 1. The minimum absolute atomic E-state index is 0.113. The van der Waals surface area contributed by atoms with Crippen LogP contribution in [0.5, 0.6) is 5.75 Å². The summed E-state index contributed by atoms with van der Waals surface area (Å²) in [5.74, 6) is -0.623. The Morgan fingerprint density at radius 1 is 1.20 bits per heavy atom. The second kappa shape index (κ2) is 6.55. The molecule has 0 aromatic heterocycles. The van der Waals surface area contributed by atoms with Gasteiger partial charge in [0.1, 0.15) is 17.4 Å². The van der Waals surface area contributed by atoms with Crippen molar-refractivity contribution in [3.8, 4) is 5.75 Å². The minimum atomic E-state index is -0.782. The Morgan fingerprint density at radius 2 is 1.85 bits per heavy atom. The lowest BCUT2D eigenvalue weighted by atomic mass is 10.0. The monoisotopic (exact) mass is 360 g/mol. The summed E-state index contributed by atoms with van der Waals surface area (Å²) in [6.07, 6.45) is 0.314. The van der Waals surface area contributed by atoms with Crippen molar-refractivity contribution >= 4 is 27.5 Å². The molecule has 1 unspecified atom stereocenters. The summed E-state index contributed by atoms with van der Waals surface area (Å²) in [7, 11) is 1.56. The van der Waals surface area contributed by atoms with E-state index in [9.17, 15) is 8.78 Å². The van der Waals surface area contributed by atoms with E-state index >= 15 is 0 Å². The van der Waals surface area contributed by atoms with Gasteiger partial charge in [0.2, 0.25) is 0 Å². The molecule has 2 aromatic rings. The molecule has 0 aliphatic rings. The van der Waals surface area contributed by atoms with Crippen molar-refractivity contribution in [1.82, 2.24) is 0 Å². The molecule has 0 saturated carbocycles. The molecule has 0 radical (unpaired) electrons. The summed E-state index contributed by atoms with van der Waals surface area (Å²) in [5.41, 5.74) is 0.740. The Bertz CT molecular complexity index is 596. The van der Waals surface area contributed by atoms with Gasteiger partial charge in [0.05, 0.1) is 12.5 Å². The zero-order chi connectivity index (χ0) is 14.7. The van der Waals surface area contributed by atoms with Gasteiger partial charge in [-0.1, -0.05) is 28.1 Å². The lowest BCUT2D eigenvalue weighted by Crippen LogP contribution is -2.03. The van der Waals surface area contributed by atoms with E-state index in [0.717, 1.165) is 5.56 Å². The van der Waals surface area contributed by atoms with Gasteiger partial charge >= 0.3 is 0 Å². The smallest absolute Gasteiger partial charge is 0.131 e. The standard InChI is InChI=1S/C15H12BrClF2O/c1-20-11-4-2-3-9(5-11)6-12(17)15-13(18)7-10(16)8-14(15)19/h2-5,7-8,12H,6H2,1H3. The highest BCUT2D eigenvalue weighted by molar-refractivity contribution is 9.10. The van der Waals surface area contributed by atoms with Crippen LogP contribution in [0.4, 0.5) is 8.78 Å². The lowest BCUT2D eigenvalue weighted by molar-refractivity contribution is 0.414. The Morgan fingerprint density at radius 3 is 2.45 bits per heavy atom. The molecule has 20 heavy (non-hydrogen) atoms. The molecule has 0 heterocycles. The number of halogens is 4. The van der Waals surface area contributed by atoms with Gasteiger partial charge in [-0.2, -0.15) is 0 Å². The number of ether oxygens (including phenoxy) is 1. The fourth-order valence-electron chi connectivity index (χ4n) is 1.96. The van der Waals surface area contributed by atoms with Crippen LogP contribution in [0.25, 0.3) is 0 Å². The maximum absolute atomic E-state index is 13.8. The third-order valence-corrected chi connectivity index (χ3v) is 3.74. The fourth-order valence-corrected chi connectivity index (χ4v) is 2.75. The van der Waals surface area contributed by atoms with E-state index in [2.05, 4.69) is 15.9 Å². The average Bonchev–Trinajstić information content (AvgIpc) is 2.37. The van der Waals surface area contributed by atoms with Crippen LogP contribution in [0.15, 0.2) is 40.9 Å². The first-order chi connectivity index (χ1) is 9.51. The van der Waals surface area contributed by atoms with Crippen molar-refractivity contribution in [3.05, 3.63) is 63.6 Å². The summed E-state index contributed by atoms with van der Waals surface area (Å²) in [5, 5.41) is -0.782. The molecule has 5 heteroatoms. The van der Waals surface area contributed by atoms with Crippen LogP contribution in [-0.2, 0) is 6.42 Å². The predicted molar refractivity (Wildman–Crippen MR) is 79.4 cm³/mol. The molecule has 0 saturated heterocycles. The van der Waals surface area contributed by atoms with Gasteiger partial charge in [-0.05, 0) is 36.2 Å². The number of methoxy groups -OCH3 is 1. The van der Waals surface area contributed by atoms with E-state index in [1.807, 2.05) is 12.1 Å². The van der Waals surface area contributed by atoms with Crippen LogP contribution in [0.3, 0.4) is 0 Å². The van der Waals surface area contributed by atoms with E-state index < -0.39 is 17.0 Å². The minimum Gasteiger partial charge on any atom is -0.497 e. The van der Waals surface area contributed by atoms with Crippen LogP contribution < -0.4 is 4.74 Å². The molecular formula is C15H12BrClF2O. The number of hydrogen-bond donors (Lipinski definition) is 0. The second-order valence-corrected chi connectivity index (χ2v) is 5.75. The first-order valence-corrected chi connectivity index (χ1v) is 7.15. The predicted octanol–water partition coefficient (Wildman–Crippen LogP) is 5.26. The zero-order valence-corrected chi connectivity index (χ0v) is 13.0. The Balaban J connectivity index is 2.26. The van der Waals surface area contributed by atoms with Crippen molar-refractivity contribution in [1.29, 1.82) is 0 Å². The maximum Gasteiger partial charge on any atom is 0.131 e. The average molecular weight is 362 g/mol. The summed E-state index contributed by atoms with van der Waals surface area (Å²) in [6.45, 7) is 0. The summed E-state index contributed by atoms with van der Waals surface area (Å²) < 4.78 is 33.1. The van der Waals surface area contributed by atoms with E-state index in [0.29, 0.717) is 16.6 Å². The summed E-state index contributed by atoms with van der Waals surface area (Å²) in [4.78, 5) is 0. The second-order valence-electron chi connectivity index (χ2n) is 4.31. The van der Waals surface area contributed by atoms with Crippen molar-refractivity contribution in [2.24, 2.45) is 0 Å². The van der Waals surface area contributed by atoms with Gasteiger partial charge in [-0.3, -0.25) is 0 Å². The number of hydrogen-bond acceptors (Lipinski definition) is 1. The molecule has 0 fully saturated rings. The topological polar surface area (TPSA) is 9.23 Å². The highest BCUT2D eigenvalue weighted by Crippen LogP contribution is 2.32. The summed E-state index contributed by atoms with van der Waals surface area (Å²) >= 11 is 9.21. The largest absolute Gasteiger partial charge is 0.497 e. The van der Waals surface area contributed by atoms with Gasteiger partial charge in [0, 0.05) is 10.0 Å². The van der Waals surface area contributed by atoms with E-state index in [-0.39, 0.29) is 5.56 Å². The van der Waals surface area contributed by atoms with Crippen LogP contribution in [0.2, 0.25) is 0 Å². The Hall–Kier alpha value is -1.13. The van der Waals surface area contributed by atoms with Gasteiger partial charge in [-0.25, -0.2) is 8.78 Å². The SMILES string of the molecule is COc1cccc(CC(Cl)c2c(F)cc(Br)cc2F)c1. The molecule has 2 rings (SSSR count). The fraction of sp³-hybridized carbons (Fsp3) is 0.200. The molecule has 0 N–H and O–H groups in total. The highest BCUT2D eigenvalue weighted by atomic mass is 79.9. The Labute approximate surface area is 129 Å². The molecular weight excluding hydrogens is 350 g/mol. The normalized spacial score (nSPS) is 12.2. The molecule has 0 aliphatic carbocycles. The maximum atomic E-state index is 13.8. The molecule has 0 spiro atoms. The molecule has 1 nitrogen and oxygen atoms in total. The third-order valence-electron chi connectivity index (χ3n) is 2.91. The first-order valence-electron chi connectivity index (χ1n) is 5.92. The molecule has 106 valence electrons. The lowest BCUT2D eigenvalue weighted by Gasteiger charge is -2.13. The highest BCUT2D eigenvalue weighted by Gasteiger charge is 2.19. The molecule has 2 aromatic carbocycles. The molecule has 0 bridgehead atoms.